The summed E-state index contributed by atoms with van der Waals surface area (Å²) in [5.74, 6) is -0.946. The Morgan fingerprint density at radius 2 is 2.46 bits per heavy atom. The number of hydrogen-bond acceptors (Lipinski definition) is 4. The Morgan fingerprint density at radius 3 is 3.15 bits per heavy atom. The quantitative estimate of drug-likeness (QED) is 0.679. The normalized spacial score (nSPS) is 30.8. The number of nitrogens with zero attached hydrogens (tertiary/aromatic N) is 2. The SMILES string of the molecule is CC1=CC2SC(C(=O)O)=NC2C=N1. The maximum atomic E-state index is 10.6. The third-order valence-electron chi connectivity index (χ3n) is 1.87. The standard InChI is InChI=1S/C8H8N2O2S/c1-4-2-6-5(3-9-4)10-7(13-6)8(11)12/h2-3,5-6H,1H3,(H,11,12). The van der Waals surface area contributed by atoms with E-state index in [-0.39, 0.29) is 16.3 Å². The lowest BCUT2D eigenvalue weighted by Crippen LogP contribution is -2.19. The summed E-state index contributed by atoms with van der Waals surface area (Å²) in [7, 11) is 0. The second kappa shape index (κ2) is 2.99. The number of rotatable bonds is 1. The molecule has 0 saturated heterocycles. The molecule has 13 heavy (non-hydrogen) atoms. The van der Waals surface area contributed by atoms with Crippen LogP contribution in [0.2, 0.25) is 0 Å². The molecule has 0 aromatic rings. The monoisotopic (exact) mass is 196 g/mol. The minimum absolute atomic E-state index is 0.0835. The summed E-state index contributed by atoms with van der Waals surface area (Å²) in [6, 6.07) is -0.0835. The molecule has 2 heterocycles. The van der Waals surface area contributed by atoms with Crippen LogP contribution in [0, 0.1) is 0 Å². The second-order valence-corrected chi connectivity index (χ2v) is 4.07. The molecule has 2 rings (SSSR count). The summed E-state index contributed by atoms with van der Waals surface area (Å²) in [6.45, 7) is 1.89. The molecule has 68 valence electrons. The minimum atomic E-state index is -0.946. The Morgan fingerprint density at radius 1 is 1.69 bits per heavy atom. The first-order valence-corrected chi connectivity index (χ1v) is 4.75. The minimum Gasteiger partial charge on any atom is -0.476 e. The lowest BCUT2D eigenvalue weighted by atomic mass is 10.1. The molecule has 0 radical (unpaired) electrons. The van der Waals surface area contributed by atoms with Crippen LogP contribution in [-0.2, 0) is 4.79 Å². The Labute approximate surface area is 79.5 Å². The molecule has 0 bridgehead atoms. The zero-order valence-corrected chi connectivity index (χ0v) is 7.78. The molecule has 0 aromatic carbocycles. The van der Waals surface area contributed by atoms with Gasteiger partial charge in [-0.25, -0.2) is 4.79 Å². The number of hydrogen-bond donors (Lipinski definition) is 1. The topological polar surface area (TPSA) is 62.0 Å². The molecule has 0 aliphatic carbocycles. The van der Waals surface area contributed by atoms with Gasteiger partial charge >= 0.3 is 5.97 Å². The van der Waals surface area contributed by atoms with Gasteiger partial charge in [0.15, 0.2) is 5.04 Å². The van der Waals surface area contributed by atoms with E-state index in [1.807, 2.05) is 13.0 Å². The van der Waals surface area contributed by atoms with Crippen molar-refractivity contribution >= 4 is 29.0 Å². The number of aliphatic carboxylic acids is 1. The molecule has 2 atom stereocenters. The number of thioether (sulfide) groups is 1. The molecule has 0 amide bonds. The summed E-state index contributed by atoms with van der Waals surface area (Å²) in [4.78, 5) is 18.7. The van der Waals surface area contributed by atoms with Crippen LogP contribution in [0.3, 0.4) is 0 Å². The molecule has 0 aromatic heterocycles. The van der Waals surface area contributed by atoms with E-state index in [1.165, 1.54) is 11.8 Å². The van der Waals surface area contributed by atoms with Crippen molar-refractivity contribution in [3.8, 4) is 0 Å². The maximum absolute atomic E-state index is 10.6. The van der Waals surface area contributed by atoms with Crippen LogP contribution in [0.15, 0.2) is 21.8 Å². The average Bonchev–Trinajstić information content (AvgIpc) is 2.46. The summed E-state index contributed by atoms with van der Waals surface area (Å²) >= 11 is 1.29. The van der Waals surface area contributed by atoms with Gasteiger partial charge in [0.2, 0.25) is 0 Å². The average molecular weight is 196 g/mol. The molecule has 2 unspecified atom stereocenters. The van der Waals surface area contributed by atoms with Gasteiger partial charge in [-0.05, 0) is 13.0 Å². The third-order valence-corrected chi connectivity index (χ3v) is 3.06. The summed E-state index contributed by atoms with van der Waals surface area (Å²) < 4.78 is 0. The molecular formula is C8H8N2O2S. The molecule has 0 spiro atoms. The fraction of sp³-hybridized carbons (Fsp3) is 0.375. The Bertz CT molecular complexity index is 346. The van der Waals surface area contributed by atoms with Crippen molar-refractivity contribution in [2.75, 3.05) is 0 Å². The fourth-order valence-electron chi connectivity index (χ4n) is 1.27. The van der Waals surface area contributed by atoms with E-state index in [9.17, 15) is 4.79 Å². The lowest BCUT2D eigenvalue weighted by molar-refractivity contribution is -0.129. The summed E-state index contributed by atoms with van der Waals surface area (Å²) in [5.41, 5.74) is 0.926. The van der Waals surface area contributed by atoms with Crippen LogP contribution in [0.1, 0.15) is 6.92 Å². The van der Waals surface area contributed by atoms with Crippen molar-refractivity contribution < 1.29 is 9.90 Å². The maximum Gasteiger partial charge on any atom is 0.360 e. The van der Waals surface area contributed by atoms with E-state index in [2.05, 4.69) is 9.98 Å². The number of fused-ring (bicyclic) bond motifs is 1. The molecule has 2 aliphatic heterocycles. The van der Waals surface area contributed by atoms with Crippen molar-refractivity contribution in [2.45, 2.75) is 18.2 Å². The molecular weight excluding hydrogens is 188 g/mol. The number of carbonyl (C=O) groups is 1. The smallest absolute Gasteiger partial charge is 0.360 e. The van der Waals surface area contributed by atoms with E-state index in [1.54, 1.807) is 6.21 Å². The zero-order valence-electron chi connectivity index (χ0n) is 6.97. The van der Waals surface area contributed by atoms with E-state index >= 15 is 0 Å². The number of allylic oxidation sites excluding steroid dienone is 1. The van der Waals surface area contributed by atoms with Gasteiger partial charge in [-0.15, -0.1) is 0 Å². The van der Waals surface area contributed by atoms with Gasteiger partial charge in [-0.3, -0.25) is 9.98 Å². The summed E-state index contributed by atoms with van der Waals surface area (Å²) in [5, 5.41) is 9.03. The number of carboxylic acid groups (broad SMARTS) is 1. The van der Waals surface area contributed by atoms with Gasteiger partial charge in [0.25, 0.3) is 0 Å². The van der Waals surface area contributed by atoms with E-state index in [4.69, 9.17) is 5.11 Å². The molecule has 2 aliphatic rings. The van der Waals surface area contributed by atoms with Crippen molar-refractivity contribution in [1.82, 2.24) is 0 Å². The molecule has 0 fully saturated rings. The van der Waals surface area contributed by atoms with Crippen LogP contribution in [0.4, 0.5) is 0 Å². The van der Waals surface area contributed by atoms with Crippen LogP contribution >= 0.6 is 11.8 Å². The van der Waals surface area contributed by atoms with Crippen molar-refractivity contribution in [3.05, 3.63) is 11.8 Å². The first-order chi connectivity index (χ1) is 6.16. The predicted octanol–water partition coefficient (Wildman–Crippen LogP) is 0.942. The molecule has 0 saturated carbocycles. The van der Waals surface area contributed by atoms with E-state index in [0.29, 0.717) is 0 Å². The first kappa shape index (κ1) is 8.50. The van der Waals surface area contributed by atoms with Crippen molar-refractivity contribution in [2.24, 2.45) is 9.98 Å². The van der Waals surface area contributed by atoms with Crippen LogP contribution in [0.25, 0.3) is 0 Å². The Balaban J connectivity index is 2.22. The van der Waals surface area contributed by atoms with Crippen molar-refractivity contribution in [1.29, 1.82) is 0 Å². The van der Waals surface area contributed by atoms with Gasteiger partial charge in [0.05, 0.1) is 5.25 Å². The van der Waals surface area contributed by atoms with Gasteiger partial charge in [0, 0.05) is 11.9 Å². The van der Waals surface area contributed by atoms with Crippen LogP contribution in [0.5, 0.6) is 0 Å². The predicted molar refractivity (Wildman–Crippen MR) is 52.5 cm³/mol. The fourth-order valence-corrected chi connectivity index (χ4v) is 2.35. The van der Waals surface area contributed by atoms with Crippen molar-refractivity contribution in [3.63, 3.8) is 0 Å². The highest BCUT2D eigenvalue weighted by molar-refractivity contribution is 8.16. The first-order valence-electron chi connectivity index (χ1n) is 3.87. The van der Waals surface area contributed by atoms with Gasteiger partial charge in [-0.2, -0.15) is 0 Å². The Kier molecular flexibility index (Phi) is 1.95. The molecule has 5 heteroatoms. The highest BCUT2D eigenvalue weighted by Crippen LogP contribution is 2.30. The molecule has 1 N–H and O–H groups in total. The largest absolute Gasteiger partial charge is 0.476 e. The number of carboxylic acids is 1. The van der Waals surface area contributed by atoms with Gasteiger partial charge in [-0.1, -0.05) is 11.8 Å². The van der Waals surface area contributed by atoms with Gasteiger partial charge in [0.1, 0.15) is 6.04 Å². The summed E-state index contributed by atoms with van der Waals surface area (Å²) in [6.07, 6.45) is 3.66. The second-order valence-electron chi connectivity index (χ2n) is 2.90. The Hall–Kier alpha value is -1.10. The third kappa shape index (κ3) is 1.51. The van der Waals surface area contributed by atoms with Crippen LogP contribution < -0.4 is 0 Å². The van der Waals surface area contributed by atoms with E-state index in [0.717, 1.165) is 5.70 Å². The highest BCUT2D eigenvalue weighted by Gasteiger charge is 2.32. The molecule has 4 nitrogen and oxygen atoms in total. The van der Waals surface area contributed by atoms with Crippen LogP contribution in [-0.4, -0.2) is 33.6 Å². The lowest BCUT2D eigenvalue weighted by Gasteiger charge is -2.12. The highest BCUT2D eigenvalue weighted by atomic mass is 32.2. The number of aliphatic imine (C=N–C) groups is 2. The van der Waals surface area contributed by atoms with Gasteiger partial charge < -0.3 is 5.11 Å². The van der Waals surface area contributed by atoms with E-state index < -0.39 is 5.97 Å². The zero-order chi connectivity index (χ0) is 9.42.